The fourth-order valence-electron chi connectivity index (χ4n) is 2.37. The van der Waals surface area contributed by atoms with Gasteiger partial charge in [-0.3, -0.25) is 0 Å². The minimum atomic E-state index is -0.334. The van der Waals surface area contributed by atoms with Crippen molar-refractivity contribution in [3.8, 4) is 5.75 Å². The second-order valence-electron chi connectivity index (χ2n) is 4.85. The van der Waals surface area contributed by atoms with Crippen LogP contribution in [0.25, 0.3) is 0 Å². The van der Waals surface area contributed by atoms with Crippen LogP contribution in [-0.4, -0.2) is 6.54 Å². The zero-order valence-electron chi connectivity index (χ0n) is 11.0. The number of hydrogen-bond donors (Lipinski definition) is 1. The van der Waals surface area contributed by atoms with Crippen molar-refractivity contribution in [2.45, 2.75) is 19.6 Å². The molecule has 0 aromatic heterocycles. The molecule has 2 nitrogen and oxygen atoms in total. The van der Waals surface area contributed by atoms with Gasteiger partial charge in [-0.25, -0.2) is 4.39 Å². The van der Waals surface area contributed by atoms with Gasteiger partial charge in [0.2, 0.25) is 0 Å². The Morgan fingerprint density at radius 1 is 1.20 bits per heavy atom. The summed E-state index contributed by atoms with van der Waals surface area (Å²) in [4.78, 5) is 0. The van der Waals surface area contributed by atoms with Crippen LogP contribution in [0.4, 0.5) is 4.39 Å². The molecule has 2 aromatic carbocycles. The fourth-order valence-corrected chi connectivity index (χ4v) is 2.59. The largest absolute Gasteiger partial charge is 0.489 e. The van der Waals surface area contributed by atoms with Crippen LogP contribution in [0.1, 0.15) is 16.7 Å². The lowest BCUT2D eigenvalue weighted by Gasteiger charge is -2.18. The smallest absolute Gasteiger partial charge is 0.131 e. The number of fused-ring (bicyclic) bond motifs is 1. The van der Waals surface area contributed by atoms with Gasteiger partial charge >= 0.3 is 0 Å². The molecule has 0 bridgehead atoms. The van der Waals surface area contributed by atoms with Gasteiger partial charge in [0, 0.05) is 12.1 Å². The van der Waals surface area contributed by atoms with Gasteiger partial charge in [-0.15, -0.1) is 0 Å². The highest BCUT2D eigenvalue weighted by atomic mass is 35.5. The van der Waals surface area contributed by atoms with Gasteiger partial charge < -0.3 is 10.1 Å². The minimum Gasteiger partial charge on any atom is -0.489 e. The SMILES string of the molecule is Fc1cccc(Cl)c1COc1ccc2c(c1)CCNC2. The van der Waals surface area contributed by atoms with Crippen molar-refractivity contribution in [2.75, 3.05) is 6.54 Å². The summed E-state index contributed by atoms with van der Waals surface area (Å²) in [6.07, 6.45) is 0.993. The maximum atomic E-state index is 13.7. The maximum Gasteiger partial charge on any atom is 0.131 e. The van der Waals surface area contributed by atoms with E-state index in [0.717, 1.165) is 25.3 Å². The molecule has 0 atom stereocenters. The number of ether oxygens (including phenoxy) is 1. The Bertz CT molecular complexity index is 610. The number of benzene rings is 2. The number of rotatable bonds is 3. The van der Waals surface area contributed by atoms with E-state index in [2.05, 4.69) is 11.4 Å². The Morgan fingerprint density at radius 2 is 2.10 bits per heavy atom. The van der Waals surface area contributed by atoms with Crippen LogP contribution >= 0.6 is 11.6 Å². The Morgan fingerprint density at radius 3 is 2.95 bits per heavy atom. The lowest BCUT2D eigenvalue weighted by atomic mass is 10.0. The summed E-state index contributed by atoms with van der Waals surface area (Å²) in [6, 6.07) is 10.7. The molecule has 0 spiro atoms. The summed E-state index contributed by atoms with van der Waals surface area (Å²) < 4.78 is 19.3. The molecule has 20 heavy (non-hydrogen) atoms. The van der Waals surface area contributed by atoms with E-state index in [1.807, 2.05) is 12.1 Å². The van der Waals surface area contributed by atoms with Crippen molar-refractivity contribution in [2.24, 2.45) is 0 Å². The van der Waals surface area contributed by atoms with Crippen molar-refractivity contribution in [3.05, 3.63) is 63.9 Å². The van der Waals surface area contributed by atoms with Gasteiger partial charge in [0.1, 0.15) is 18.2 Å². The van der Waals surface area contributed by atoms with Crippen molar-refractivity contribution < 1.29 is 9.13 Å². The van der Waals surface area contributed by atoms with Crippen LogP contribution in [0, 0.1) is 5.82 Å². The van der Waals surface area contributed by atoms with E-state index in [-0.39, 0.29) is 12.4 Å². The Labute approximate surface area is 122 Å². The molecule has 0 saturated carbocycles. The van der Waals surface area contributed by atoms with Crippen LogP contribution in [0.3, 0.4) is 0 Å². The van der Waals surface area contributed by atoms with E-state index < -0.39 is 0 Å². The summed E-state index contributed by atoms with van der Waals surface area (Å²) in [7, 11) is 0. The molecule has 1 aliphatic rings. The standard InChI is InChI=1S/C16H15ClFNO/c17-15-2-1-3-16(18)14(15)10-20-13-5-4-12-9-19-7-6-11(12)8-13/h1-5,8,19H,6-7,9-10H2. The predicted molar refractivity (Wildman–Crippen MR) is 77.6 cm³/mol. The minimum absolute atomic E-state index is 0.141. The first-order valence-corrected chi connectivity index (χ1v) is 7.00. The van der Waals surface area contributed by atoms with Gasteiger partial charge in [0.05, 0.1) is 5.02 Å². The van der Waals surface area contributed by atoms with E-state index in [9.17, 15) is 4.39 Å². The Kier molecular flexibility index (Phi) is 3.90. The molecule has 0 unspecified atom stereocenters. The maximum absolute atomic E-state index is 13.7. The van der Waals surface area contributed by atoms with E-state index in [4.69, 9.17) is 16.3 Å². The number of halogens is 2. The van der Waals surface area contributed by atoms with Gasteiger partial charge in [0.25, 0.3) is 0 Å². The molecule has 1 heterocycles. The number of hydrogen-bond acceptors (Lipinski definition) is 2. The summed E-state index contributed by atoms with van der Waals surface area (Å²) >= 11 is 5.98. The molecule has 4 heteroatoms. The topological polar surface area (TPSA) is 21.3 Å². The highest BCUT2D eigenvalue weighted by molar-refractivity contribution is 6.31. The van der Waals surface area contributed by atoms with Gasteiger partial charge in [-0.1, -0.05) is 23.7 Å². The monoisotopic (exact) mass is 291 g/mol. The lowest BCUT2D eigenvalue weighted by molar-refractivity contribution is 0.299. The third-order valence-corrected chi connectivity index (χ3v) is 3.86. The van der Waals surface area contributed by atoms with Crippen LogP contribution in [0.15, 0.2) is 36.4 Å². The Balaban J connectivity index is 1.75. The first kappa shape index (κ1) is 13.4. The molecule has 0 aliphatic carbocycles. The first-order chi connectivity index (χ1) is 9.74. The first-order valence-electron chi connectivity index (χ1n) is 6.62. The fraction of sp³-hybridized carbons (Fsp3) is 0.250. The molecule has 3 rings (SSSR count). The molecule has 1 N–H and O–H groups in total. The molecule has 0 saturated heterocycles. The summed E-state index contributed by atoms with van der Waals surface area (Å²) in [5.74, 6) is 0.421. The molecule has 0 radical (unpaired) electrons. The van der Waals surface area contributed by atoms with Crippen molar-refractivity contribution >= 4 is 11.6 Å². The predicted octanol–water partition coefficient (Wildman–Crippen LogP) is 3.70. The third kappa shape index (κ3) is 2.79. The van der Waals surface area contributed by atoms with Crippen molar-refractivity contribution in [1.82, 2.24) is 5.32 Å². The third-order valence-electron chi connectivity index (χ3n) is 3.51. The zero-order chi connectivity index (χ0) is 13.9. The molecular formula is C16H15ClFNO. The zero-order valence-corrected chi connectivity index (χ0v) is 11.7. The van der Waals surface area contributed by atoms with E-state index in [1.165, 1.54) is 17.2 Å². The average Bonchev–Trinajstić information content (AvgIpc) is 2.46. The highest BCUT2D eigenvalue weighted by Gasteiger charge is 2.11. The van der Waals surface area contributed by atoms with E-state index >= 15 is 0 Å². The van der Waals surface area contributed by atoms with E-state index in [1.54, 1.807) is 12.1 Å². The summed E-state index contributed by atoms with van der Waals surface area (Å²) in [5.41, 5.74) is 2.99. The van der Waals surface area contributed by atoms with Crippen LogP contribution in [0.2, 0.25) is 5.02 Å². The van der Waals surface area contributed by atoms with E-state index in [0.29, 0.717) is 10.6 Å². The molecule has 2 aromatic rings. The molecule has 104 valence electrons. The van der Waals surface area contributed by atoms with Gasteiger partial charge in [-0.05, 0) is 48.4 Å². The van der Waals surface area contributed by atoms with Gasteiger partial charge in [0.15, 0.2) is 0 Å². The van der Waals surface area contributed by atoms with Crippen molar-refractivity contribution in [3.63, 3.8) is 0 Å². The summed E-state index contributed by atoms with van der Waals surface area (Å²) in [6.45, 7) is 2.02. The second kappa shape index (κ2) is 5.81. The summed E-state index contributed by atoms with van der Waals surface area (Å²) in [5, 5.41) is 3.72. The molecule has 0 fully saturated rings. The molecular weight excluding hydrogens is 277 g/mol. The quantitative estimate of drug-likeness (QED) is 0.931. The van der Waals surface area contributed by atoms with Crippen LogP contribution in [-0.2, 0) is 19.6 Å². The average molecular weight is 292 g/mol. The normalized spacial score (nSPS) is 13.9. The Hall–Kier alpha value is -1.58. The highest BCUT2D eigenvalue weighted by Crippen LogP contribution is 2.24. The lowest BCUT2D eigenvalue weighted by Crippen LogP contribution is -2.23. The van der Waals surface area contributed by atoms with Crippen molar-refractivity contribution in [1.29, 1.82) is 0 Å². The van der Waals surface area contributed by atoms with Crippen LogP contribution in [0.5, 0.6) is 5.75 Å². The van der Waals surface area contributed by atoms with Crippen LogP contribution < -0.4 is 10.1 Å². The number of nitrogens with one attached hydrogen (secondary N) is 1. The molecule has 0 amide bonds. The van der Waals surface area contributed by atoms with Gasteiger partial charge in [-0.2, -0.15) is 0 Å². The molecule has 1 aliphatic heterocycles. The second-order valence-corrected chi connectivity index (χ2v) is 5.25.